The molecule has 5 heteroatoms. The molecule has 2 heterocycles. The van der Waals surface area contributed by atoms with Crippen LogP contribution < -0.4 is 5.32 Å². The van der Waals surface area contributed by atoms with Crippen molar-refractivity contribution < 1.29 is 4.74 Å². The number of hydrogen-bond donors (Lipinski definition) is 1. The van der Waals surface area contributed by atoms with E-state index >= 15 is 0 Å². The fraction of sp³-hybridized carbons (Fsp3) is 0.778. The molecule has 1 saturated heterocycles. The summed E-state index contributed by atoms with van der Waals surface area (Å²) >= 11 is 1.61. The zero-order chi connectivity index (χ0) is 9.97. The van der Waals surface area contributed by atoms with E-state index in [0.29, 0.717) is 12.1 Å². The average Bonchev–Trinajstić information content (AvgIpc) is 2.51. The monoisotopic (exact) mass is 213 g/mol. The fourth-order valence-corrected chi connectivity index (χ4v) is 2.33. The Bertz CT molecular complexity index is 302. The van der Waals surface area contributed by atoms with Crippen molar-refractivity contribution in [2.45, 2.75) is 38.8 Å². The van der Waals surface area contributed by atoms with E-state index in [1.165, 1.54) is 0 Å². The number of nitrogens with zero attached hydrogens (tertiary/aromatic N) is 2. The highest BCUT2D eigenvalue weighted by Gasteiger charge is 2.19. The van der Waals surface area contributed by atoms with Gasteiger partial charge in [0.05, 0.1) is 6.10 Å². The van der Waals surface area contributed by atoms with E-state index in [4.69, 9.17) is 4.74 Å². The Morgan fingerprint density at radius 2 is 2.36 bits per heavy atom. The van der Waals surface area contributed by atoms with E-state index < -0.39 is 0 Å². The third-order valence-corrected chi connectivity index (χ3v) is 3.11. The van der Waals surface area contributed by atoms with Crippen LogP contribution in [0.4, 0.5) is 5.13 Å². The highest BCUT2D eigenvalue weighted by atomic mass is 32.1. The zero-order valence-corrected chi connectivity index (χ0v) is 9.30. The van der Waals surface area contributed by atoms with E-state index in [1.54, 1.807) is 11.3 Å². The molecule has 78 valence electrons. The summed E-state index contributed by atoms with van der Waals surface area (Å²) in [6, 6.07) is 0.492. The highest BCUT2D eigenvalue weighted by Crippen LogP contribution is 2.20. The van der Waals surface area contributed by atoms with E-state index in [9.17, 15) is 0 Å². The number of aryl methyl sites for hydroxylation is 1. The van der Waals surface area contributed by atoms with Crippen LogP contribution in [0.15, 0.2) is 0 Å². The molecule has 0 aromatic carbocycles. The van der Waals surface area contributed by atoms with E-state index in [-0.39, 0.29) is 0 Å². The van der Waals surface area contributed by atoms with Crippen molar-refractivity contribution in [3.63, 3.8) is 0 Å². The van der Waals surface area contributed by atoms with Gasteiger partial charge < -0.3 is 10.1 Å². The van der Waals surface area contributed by atoms with Crippen LogP contribution in [-0.4, -0.2) is 29.0 Å². The second-order valence-electron chi connectivity index (χ2n) is 3.67. The molecular weight excluding hydrogens is 198 g/mol. The van der Waals surface area contributed by atoms with Gasteiger partial charge in [0.15, 0.2) is 0 Å². The smallest absolute Gasteiger partial charge is 0.205 e. The molecule has 1 aliphatic heterocycles. The average molecular weight is 213 g/mol. The molecule has 0 saturated carbocycles. The number of rotatable bonds is 2. The Morgan fingerprint density at radius 1 is 1.50 bits per heavy atom. The number of aromatic nitrogens is 2. The van der Waals surface area contributed by atoms with Crippen LogP contribution in [0.5, 0.6) is 0 Å². The number of ether oxygens (including phenoxy) is 1. The van der Waals surface area contributed by atoms with Gasteiger partial charge in [0, 0.05) is 12.6 Å². The van der Waals surface area contributed by atoms with E-state index in [0.717, 1.165) is 29.6 Å². The lowest BCUT2D eigenvalue weighted by Crippen LogP contribution is -2.32. The van der Waals surface area contributed by atoms with Crippen LogP contribution in [-0.2, 0) is 4.74 Å². The summed E-state index contributed by atoms with van der Waals surface area (Å²) in [5.74, 6) is 0. The molecule has 2 rings (SSSR count). The normalized spacial score (nSPS) is 27.6. The molecule has 0 spiro atoms. The van der Waals surface area contributed by atoms with Gasteiger partial charge in [-0.15, -0.1) is 10.2 Å². The van der Waals surface area contributed by atoms with Crippen LogP contribution in [0.1, 0.15) is 24.8 Å². The summed E-state index contributed by atoms with van der Waals surface area (Å²) in [5, 5.41) is 13.4. The summed E-state index contributed by atoms with van der Waals surface area (Å²) in [6.07, 6.45) is 2.47. The van der Waals surface area contributed by atoms with Gasteiger partial charge in [-0.1, -0.05) is 11.3 Å². The summed E-state index contributed by atoms with van der Waals surface area (Å²) in [6.45, 7) is 4.92. The summed E-state index contributed by atoms with van der Waals surface area (Å²) in [5.41, 5.74) is 0. The van der Waals surface area contributed by atoms with Crippen molar-refractivity contribution >= 4 is 16.5 Å². The first-order valence-electron chi connectivity index (χ1n) is 4.92. The predicted molar refractivity (Wildman–Crippen MR) is 56.7 cm³/mol. The van der Waals surface area contributed by atoms with Gasteiger partial charge in [-0.05, 0) is 26.7 Å². The maximum absolute atomic E-state index is 5.48. The van der Waals surface area contributed by atoms with Crippen molar-refractivity contribution in [3.8, 4) is 0 Å². The second kappa shape index (κ2) is 4.23. The summed E-state index contributed by atoms with van der Waals surface area (Å²) < 4.78 is 5.48. The molecule has 1 N–H and O–H groups in total. The minimum absolute atomic E-state index is 0.357. The predicted octanol–water partition coefficient (Wildman–Crippen LogP) is 1.83. The van der Waals surface area contributed by atoms with Crippen LogP contribution in [0.2, 0.25) is 0 Å². The lowest BCUT2D eigenvalue weighted by Gasteiger charge is -2.27. The largest absolute Gasteiger partial charge is 0.378 e. The topological polar surface area (TPSA) is 47.0 Å². The minimum Gasteiger partial charge on any atom is -0.378 e. The molecule has 2 unspecified atom stereocenters. The van der Waals surface area contributed by atoms with E-state index in [1.807, 2.05) is 6.92 Å². The van der Waals surface area contributed by atoms with Crippen LogP contribution >= 0.6 is 11.3 Å². The van der Waals surface area contributed by atoms with Gasteiger partial charge in [-0.25, -0.2) is 0 Å². The van der Waals surface area contributed by atoms with Gasteiger partial charge in [-0.3, -0.25) is 0 Å². The first kappa shape index (κ1) is 9.86. The Morgan fingerprint density at radius 3 is 3.00 bits per heavy atom. The van der Waals surface area contributed by atoms with Crippen molar-refractivity contribution in [1.29, 1.82) is 0 Å². The quantitative estimate of drug-likeness (QED) is 0.814. The Kier molecular flexibility index (Phi) is 2.98. The zero-order valence-electron chi connectivity index (χ0n) is 8.49. The van der Waals surface area contributed by atoms with Gasteiger partial charge in [0.1, 0.15) is 5.01 Å². The molecule has 14 heavy (non-hydrogen) atoms. The van der Waals surface area contributed by atoms with Crippen LogP contribution in [0.25, 0.3) is 0 Å². The standard InChI is InChI=1S/C9H15N3OS/c1-6-5-8(3-4-13-6)10-9-12-11-7(2)14-9/h6,8H,3-5H2,1-2H3,(H,10,12). The van der Waals surface area contributed by atoms with Crippen LogP contribution in [0.3, 0.4) is 0 Å². The molecule has 0 radical (unpaired) electrons. The summed E-state index contributed by atoms with van der Waals surface area (Å²) in [7, 11) is 0. The third kappa shape index (κ3) is 2.42. The lowest BCUT2D eigenvalue weighted by molar-refractivity contribution is 0.0232. The first-order chi connectivity index (χ1) is 6.74. The van der Waals surface area contributed by atoms with Crippen LogP contribution in [0, 0.1) is 6.92 Å². The van der Waals surface area contributed by atoms with Crippen molar-refractivity contribution in [2.24, 2.45) is 0 Å². The Balaban J connectivity index is 1.90. The molecule has 1 aromatic heterocycles. The fourth-order valence-electron chi connectivity index (χ4n) is 1.66. The maximum atomic E-state index is 5.48. The van der Waals surface area contributed by atoms with Crippen molar-refractivity contribution in [3.05, 3.63) is 5.01 Å². The molecule has 1 aliphatic rings. The molecule has 1 fully saturated rings. The van der Waals surface area contributed by atoms with Crippen molar-refractivity contribution in [1.82, 2.24) is 10.2 Å². The lowest BCUT2D eigenvalue weighted by atomic mass is 10.1. The number of anilines is 1. The maximum Gasteiger partial charge on any atom is 0.205 e. The van der Waals surface area contributed by atoms with Gasteiger partial charge in [0.25, 0.3) is 0 Å². The van der Waals surface area contributed by atoms with Crippen molar-refractivity contribution in [2.75, 3.05) is 11.9 Å². The minimum atomic E-state index is 0.357. The molecule has 0 amide bonds. The van der Waals surface area contributed by atoms with Gasteiger partial charge >= 0.3 is 0 Å². The Hall–Kier alpha value is -0.680. The summed E-state index contributed by atoms with van der Waals surface area (Å²) in [4.78, 5) is 0. The Labute approximate surface area is 87.7 Å². The molecular formula is C9H15N3OS. The molecule has 4 nitrogen and oxygen atoms in total. The van der Waals surface area contributed by atoms with Gasteiger partial charge in [0.2, 0.25) is 5.13 Å². The molecule has 0 aliphatic carbocycles. The molecule has 1 aromatic rings. The number of hydrogen-bond acceptors (Lipinski definition) is 5. The van der Waals surface area contributed by atoms with E-state index in [2.05, 4.69) is 22.4 Å². The molecule has 0 bridgehead atoms. The molecule has 2 atom stereocenters. The third-order valence-electron chi connectivity index (χ3n) is 2.34. The first-order valence-corrected chi connectivity index (χ1v) is 5.74. The number of nitrogens with one attached hydrogen (secondary N) is 1. The second-order valence-corrected chi connectivity index (χ2v) is 4.85. The van der Waals surface area contributed by atoms with Gasteiger partial charge in [-0.2, -0.15) is 0 Å². The SMILES string of the molecule is Cc1nnc(NC2CCOC(C)C2)s1. The highest BCUT2D eigenvalue weighted by molar-refractivity contribution is 7.15.